The number of carbonyl (C=O) groups excluding carboxylic acids is 1. The largest absolute Gasteiger partial charge is 0.356 e. The van der Waals surface area contributed by atoms with Crippen molar-refractivity contribution in [1.82, 2.24) is 10.3 Å². The summed E-state index contributed by atoms with van der Waals surface area (Å²) in [4.78, 5) is 17.1. The molecule has 1 amide bonds. The number of halogens is 1. The smallest absolute Gasteiger partial charge is 0.226 e. The molecule has 1 N–H and O–H groups in total. The molecule has 0 saturated heterocycles. The molecular weight excluding hydrogens is 388 g/mol. The van der Waals surface area contributed by atoms with Crippen molar-refractivity contribution in [3.63, 3.8) is 0 Å². The van der Waals surface area contributed by atoms with E-state index in [1.807, 2.05) is 29.6 Å². The van der Waals surface area contributed by atoms with Crippen LogP contribution in [0.25, 0.3) is 10.6 Å². The molecule has 4 aliphatic rings. The summed E-state index contributed by atoms with van der Waals surface area (Å²) in [6.07, 6.45) is 10.2. The molecule has 0 atom stereocenters. The van der Waals surface area contributed by atoms with Crippen LogP contribution in [0.5, 0.6) is 0 Å². The molecule has 0 aliphatic heterocycles. The number of amides is 1. The van der Waals surface area contributed by atoms with Crippen molar-refractivity contribution in [1.29, 1.82) is 0 Å². The fourth-order valence-corrected chi connectivity index (χ4v) is 7.44. The Kier molecular flexibility index (Phi) is 4.96. The zero-order valence-corrected chi connectivity index (χ0v) is 17.7. The van der Waals surface area contributed by atoms with Gasteiger partial charge in [-0.1, -0.05) is 23.7 Å². The molecule has 0 radical (unpaired) electrons. The highest BCUT2D eigenvalue weighted by molar-refractivity contribution is 7.13. The van der Waals surface area contributed by atoms with Gasteiger partial charge in [0.05, 0.1) is 12.1 Å². The van der Waals surface area contributed by atoms with Crippen LogP contribution in [0, 0.1) is 23.2 Å². The second-order valence-electron chi connectivity index (χ2n) is 9.35. The Morgan fingerprint density at radius 1 is 1.18 bits per heavy atom. The third-order valence-corrected chi connectivity index (χ3v) is 8.28. The molecule has 5 heteroatoms. The number of benzene rings is 1. The third-order valence-electron chi connectivity index (χ3n) is 7.11. The van der Waals surface area contributed by atoms with Crippen LogP contribution in [0.15, 0.2) is 29.6 Å². The normalized spacial score (nSPS) is 30.5. The van der Waals surface area contributed by atoms with Crippen molar-refractivity contribution in [2.75, 3.05) is 6.54 Å². The first-order valence-electron chi connectivity index (χ1n) is 10.5. The van der Waals surface area contributed by atoms with Crippen LogP contribution in [0.3, 0.4) is 0 Å². The molecule has 3 nitrogen and oxygen atoms in total. The van der Waals surface area contributed by atoms with Gasteiger partial charge in [-0.2, -0.15) is 0 Å². The van der Waals surface area contributed by atoms with Crippen molar-refractivity contribution in [2.24, 2.45) is 23.2 Å². The maximum Gasteiger partial charge on any atom is 0.226 e. The van der Waals surface area contributed by atoms with Crippen molar-refractivity contribution in [3.8, 4) is 10.6 Å². The minimum absolute atomic E-state index is 0.0904. The van der Waals surface area contributed by atoms with E-state index in [-0.39, 0.29) is 5.91 Å². The second kappa shape index (κ2) is 7.46. The molecule has 4 aliphatic carbocycles. The fraction of sp³-hybridized carbons (Fsp3) is 0.565. The molecule has 4 saturated carbocycles. The van der Waals surface area contributed by atoms with Crippen molar-refractivity contribution in [2.45, 2.75) is 51.4 Å². The molecule has 1 aromatic heterocycles. The average Bonchev–Trinajstić information content (AvgIpc) is 3.09. The molecule has 2 aromatic rings. The van der Waals surface area contributed by atoms with E-state index in [9.17, 15) is 4.79 Å². The van der Waals surface area contributed by atoms with Gasteiger partial charge in [0.25, 0.3) is 0 Å². The molecule has 0 unspecified atom stereocenters. The van der Waals surface area contributed by atoms with Crippen LogP contribution >= 0.6 is 22.9 Å². The van der Waals surface area contributed by atoms with Crippen molar-refractivity contribution in [3.05, 3.63) is 40.4 Å². The van der Waals surface area contributed by atoms with Crippen molar-refractivity contribution >= 4 is 28.8 Å². The monoisotopic (exact) mass is 414 g/mol. The summed E-state index contributed by atoms with van der Waals surface area (Å²) in [5.74, 6) is 3.01. The minimum Gasteiger partial charge on any atom is -0.356 e. The highest BCUT2D eigenvalue weighted by atomic mass is 35.5. The summed E-state index contributed by atoms with van der Waals surface area (Å²) in [5, 5.41) is 6.77. The number of thiazole rings is 1. The lowest BCUT2D eigenvalue weighted by Crippen LogP contribution is -2.47. The third kappa shape index (κ3) is 3.86. The van der Waals surface area contributed by atoms with Gasteiger partial charge in [0.1, 0.15) is 5.01 Å². The predicted molar refractivity (Wildman–Crippen MR) is 114 cm³/mol. The van der Waals surface area contributed by atoms with E-state index >= 15 is 0 Å². The Labute approximate surface area is 175 Å². The number of nitrogens with zero attached hydrogens (tertiary/aromatic N) is 1. The number of carbonyl (C=O) groups is 1. The van der Waals surface area contributed by atoms with Crippen LogP contribution in [-0.4, -0.2) is 17.4 Å². The lowest BCUT2D eigenvalue weighted by atomic mass is 9.49. The van der Waals surface area contributed by atoms with Crippen LogP contribution in [0.2, 0.25) is 5.02 Å². The number of hydrogen-bond acceptors (Lipinski definition) is 3. The van der Waals surface area contributed by atoms with Gasteiger partial charge in [-0.3, -0.25) is 4.79 Å². The topological polar surface area (TPSA) is 42.0 Å². The van der Waals surface area contributed by atoms with Gasteiger partial charge < -0.3 is 5.32 Å². The first-order valence-corrected chi connectivity index (χ1v) is 11.8. The van der Waals surface area contributed by atoms with E-state index in [2.05, 4.69) is 10.3 Å². The zero-order valence-electron chi connectivity index (χ0n) is 16.1. The molecule has 0 spiro atoms. The van der Waals surface area contributed by atoms with Gasteiger partial charge in [0, 0.05) is 22.5 Å². The molecule has 1 aromatic carbocycles. The zero-order chi connectivity index (χ0) is 19.1. The summed E-state index contributed by atoms with van der Waals surface area (Å²) >= 11 is 7.63. The molecule has 4 bridgehead atoms. The van der Waals surface area contributed by atoms with Gasteiger partial charge in [-0.25, -0.2) is 4.98 Å². The molecular formula is C23H27ClN2OS. The number of rotatable bonds is 6. The average molecular weight is 415 g/mol. The first kappa shape index (κ1) is 18.6. The van der Waals surface area contributed by atoms with E-state index < -0.39 is 0 Å². The van der Waals surface area contributed by atoms with Gasteiger partial charge in [-0.15, -0.1) is 11.3 Å². The minimum atomic E-state index is 0.0904. The maximum atomic E-state index is 12.4. The van der Waals surface area contributed by atoms with Crippen LogP contribution in [0.4, 0.5) is 0 Å². The van der Waals surface area contributed by atoms with Crippen LogP contribution < -0.4 is 5.32 Å². The Balaban J connectivity index is 1.13. The van der Waals surface area contributed by atoms with Crippen molar-refractivity contribution < 1.29 is 4.79 Å². The summed E-state index contributed by atoms with van der Waals surface area (Å²) in [7, 11) is 0. The molecule has 28 heavy (non-hydrogen) atoms. The van der Waals surface area contributed by atoms with Gasteiger partial charge in [-0.05, 0) is 80.2 Å². The maximum absolute atomic E-state index is 12.4. The number of aromatic nitrogens is 1. The van der Waals surface area contributed by atoms with E-state index in [4.69, 9.17) is 11.6 Å². The highest BCUT2D eigenvalue weighted by Crippen LogP contribution is 2.61. The Morgan fingerprint density at radius 2 is 1.89 bits per heavy atom. The molecule has 1 heterocycles. The van der Waals surface area contributed by atoms with Crippen LogP contribution in [0.1, 0.15) is 50.6 Å². The lowest BCUT2D eigenvalue weighted by Gasteiger charge is -2.57. The Morgan fingerprint density at radius 3 is 2.57 bits per heavy atom. The van der Waals surface area contributed by atoms with E-state index in [0.717, 1.165) is 47.0 Å². The predicted octanol–water partition coefficient (Wildman–Crippen LogP) is 5.73. The molecule has 4 fully saturated rings. The molecule has 148 valence electrons. The quantitative estimate of drug-likeness (QED) is 0.655. The fourth-order valence-electron chi connectivity index (χ4n) is 6.43. The summed E-state index contributed by atoms with van der Waals surface area (Å²) < 4.78 is 0. The standard InChI is InChI=1S/C23H27ClN2OS/c24-19-3-1-2-18(9-19)22-26-20(14-28-22)10-21(27)25-5-4-23-11-15-6-16(12-23)8-17(7-15)13-23/h1-3,9,14-17H,4-8,10-13H2,(H,25,27). The van der Waals surface area contributed by atoms with Gasteiger partial charge >= 0.3 is 0 Å². The second-order valence-corrected chi connectivity index (χ2v) is 10.6. The summed E-state index contributed by atoms with van der Waals surface area (Å²) in [6.45, 7) is 0.816. The van der Waals surface area contributed by atoms with E-state index in [0.29, 0.717) is 16.9 Å². The first-order chi connectivity index (χ1) is 13.6. The van der Waals surface area contributed by atoms with E-state index in [1.54, 1.807) is 11.3 Å². The summed E-state index contributed by atoms with van der Waals surface area (Å²) in [6, 6.07) is 7.70. The highest BCUT2D eigenvalue weighted by Gasteiger charge is 2.50. The SMILES string of the molecule is O=C(Cc1csc(-c2cccc(Cl)c2)n1)NCCC12CC3CC(CC(C3)C1)C2. The van der Waals surface area contributed by atoms with Gasteiger partial charge in [0.15, 0.2) is 0 Å². The summed E-state index contributed by atoms with van der Waals surface area (Å²) in [5.41, 5.74) is 2.38. The Hall–Kier alpha value is -1.39. The lowest BCUT2D eigenvalue weighted by molar-refractivity contribution is -0.120. The van der Waals surface area contributed by atoms with Gasteiger partial charge in [0.2, 0.25) is 5.91 Å². The Bertz CT molecular complexity index is 842. The molecule has 6 rings (SSSR count). The van der Waals surface area contributed by atoms with E-state index in [1.165, 1.54) is 38.5 Å². The number of hydrogen-bond donors (Lipinski definition) is 1. The van der Waals surface area contributed by atoms with Crippen LogP contribution in [-0.2, 0) is 11.2 Å². The number of nitrogens with one attached hydrogen (secondary N) is 1.